The molecule has 6 aromatic carbocycles. The first-order chi connectivity index (χ1) is 21.8. The highest BCUT2D eigenvalue weighted by molar-refractivity contribution is 6.14. The fourth-order valence-electron chi connectivity index (χ4n) is 6.38. The quantitative estimate of drug-likeness (QED) is 0.214. The molecule has 0 fully saturated rings. The monoisotopic (exact) mass is 563 g/mol. The second kappa shape index (κ2) is 9.79. The van der Waals surface area contributed by atoms with E-state index in [1.165, 1.54) is 21.9 Å². The van der Waals surface area contributed by atoms with Crippen molar-refractivity contribution in [3.63, 3.8) is 0 Å². The largest absolute Gasteiger partial charge is 0.438 e. The van der Waals surface area contributed by atoms with Crippen molar-refractivity contribution in [3.05, 3.63) is 152 Å². The Morgan fingerprint density at radius 2 is 1.07 bits per heavy atom. The molecule has 206 valence electrons. The number of nitrogens with zero attached hydrogens (tertiary/aromatic N) is 3. The maximum atomic E-state index is 6.33. The predicted molar refractivity (Wildman–Crippen MR) is 180 cm³/mol. The summed E-state index contributed by atoms with van der Waals surface area (Å²) < 4.78 is 8.66. The third-order valence-corrected chi connectivity index (χ3v) is 8.45. The number of para-hydroxylation sites is 3. The molecule has 0 saturated heterocycles. The van der Waals surface area contributed by atoms with E-state index in [9.17, 15) is 0 Å². The number of hydrogen-bond acceptors (Lipinski definition) is 3. The second-order valence-corrected chi connectivity index (χ2v) is 11.0. The van der Waals surface area contributed by atoms with Crippen LogP contribution in [-0.4, -0.2) is 14.5 Å². The molecule has 0 aliphatic heterocycles. The van der Waals surface area contributed by atoms with Gasteiger partial charge in [0.05, 0.1) is 22.1 Å². The zero-order chi connectivity index (χ0) is 29.0. The lowest BCUT2D eigenvalue weighted by atomic mass is 10.0. The zero-order valence-electron chi connectivity index (χ0n) is 23.7. The van der Waals surface area contributed by atoms with Gasteiger partial charge in [-0.25, -0.2) is 4.98 Å². The third-order valence-electron chi connectivity index (χ3n) is 8.45. The first kappa shape index (κ1) is 24.6. The number of aromatic nitrogens is 3. The Morgan fingerprint density at radius 3 is 1.89 bits per heavy atom. The fraction of sp³-hybridized carbons (Fsp3) is 0. The van der Waals surface area contributed by atoms with Crippen molar-refractivity contribution in [2.75, 3.05) is 0 Å². The molecule has 0 unspecified atom stereocenters. The molecule has 0 radical (unpaired) electrons. The first-order valence-electron chi connectivity index (χ1n) is 14.8. The van der Waals surface area contributed by atoms with E-state index in [0.717, 1.165) is 49.9 Å². The standard InChI is InChI=1S/C40H25N3O/c1-3-11-26(12-4-1)27-19-21-28(22-20-27)39-41-38(37-32-16-8-10-18-36(32)44-40(37)42-39)29-23-24-35-33(25-29)31-15-7-9-17-34(31)43(35)30-13-5-2-6-14-30/h1-25H. The molecule has 9 aromatic rings. The summed E-state index contributed by atoms with van der Waals surface area (Å²) in [6.45, 7) is 0. The van der Waals surface area contributed by atoms with Gasteiger partial charge in [-0.2, -0.15) is 4.98 Å². The highest BCUT2D eigenvalue weighted by Gasteiger charge is 2.20. The van der Waals surface area contributed by atoms with Gasteiger partial charge in [0.2, 0.25) is 5.71 Å². The molecule has 0 bridgehead atoms. The lowest BCUT2D eigenvalue weighted by Gasteiger charge is -2.09. The number of hydrogen-bond donors (Lipinski definition) is 0. The number of fused-ring (bicyclic) bond motifs is 6. The predicted octanol–water partition coefficient (Wildman–Crippen LogP) is 10.5. The van der Waals surface area contributed by atoms with Crippen molar-refractivity contribution in [2.45, 2.75) is 0 Å². The van der Waals surface area contributed by atoms with Gasteiger partial charge >= 0.3 is 0 Å². The van der Waals surface area contributed by atoms with Gasteiger partial charge in [0.25, 0.3) is 0 Å². The van der Waals surface area contributed by atoms with E-state index in [1.54, 1.807) is 0 Å². The molecule has 0 atom stereocenters. The van der Waals surface area contributed by atoms with Crippen LogP contribution >= 0.6 is 0 Å². The molecule has 3 aromatic heterocycles. The molecule has 44 heavy (non-hydrogen) atoms. The Morgan fingerprint density at radius 1 is 0.455 bits per heavy atom. The summed E-state index contributed by atoms with van der Waals surface area (Å²) >= 11 is 0. The molecule has 0 saturated carbocycles. The van der Waals surface area contributed by atoms with E-state index < -0.39 is 0 Å². The lowest BCUT2D eigenvalue weighted by Crippen LogP contribution is -1.95. The van der Waals surface area contributed by atoms with Gasteiger partial charge in [-0.05, 0) is 47.5 Å². The van der Waals surface area contributed by atoms with Gasteiger partial charge in [0.1, 0.15) is 5.58 Å². The lowest BCUT2D eigenvalue weighted by molar-refractivity contribution is 0.653. The summed E-state index contributed by atoms with van der Waals surface area (Å²) in [4.78, 5) is 10.2. The Kier molecular flexibility index (Phi) is 5.47. The average molecular weight is 564 g/mol. The van der Waals surface area contributed by atoms with Crippen LogP contribution in [0.3, 0.4) is 0 Å². The van der Waals surface area contributed by atoms with Crippen LogP contribution in [-0.2, 0) is 0 Å². The number of rotatable bonds is 4. The Hall–Kier alpha value is -6.00. The van der Waals surface area contributed by atoms with Crippen LogP contribution in [0.15, 0.2) is 156 Å². The minimum Gasteiger partial charge on any atom is -0.438 e. The SMILES string of the molecule is c1ccc(-c2ccc(-c3nc(-c4ccc5c(c4)c4ccccc4n5-c4ccccc4)c4c(n3)oc3ccccc34)cc2)cc1. The molecule has 9 rings (SSSR count). The molecular formula is C40H25N3O. The summed E-state index contributed by atoms with van der Waals surface area (Å²) in [5.74, 6) is 0.637. The summed E-state index contributed by atoms with van der Waals surface area (Å²) in [7, 11) is 0. The van der Waals surface area contributed by atoms with Crippen LogP contribution in [0.25, 0.3) is 83.3 Å². The smallest absolute Gasteiger partial charge is 0.231 e. The fourth-order valence-corrected chi connectivity index (χ4v) is 6.38. The second-order valence-electron chi connectivity index (χ2n) is 11.0. The van der Waals surface area contributed by atoms with Crippen LogP contribution in [0, 0.1) is 0 Å². The van der Waals surface area contributed by atoms with Crippen LogP contribution in [0.1, 0.15) is 0 Å². The highest BCUT2D eigenvalue weighted by Crippen LogP contribution is 2.39. The van der Waals surface area contributed by atoms with Gasteiger partial charge in [-0.1, -0.05) is 115 Å². The molecule has 0 aliphatic rings. The molecule has 0 spiro atoms. The number of furan rings is 1. The molecule has 0 aliphatic carbocycles. The van der Waals surface area contributed by atoms with Crippen molar-refractivity contribution >= 4 is 43.9 Å². The Labute approximate surface area is 253 Å². The van der Waals surface area contributed by atoms with E-state index in [0.29, 0.717) is 11.5 Å². The normalized spacial score (nSPS) is 11.6. The van der Waals surface area contributed by atoms with E-state index in [2.05, 4.69) is 132 Å². The minimum absolute atomic E-state index is 0.588. The van der Waals surface area contributed by atoms with Crippen LogP contribution in [0.4, 0.5) is 0 Å². The molecule has 0 N–H and O–H groups in total. The summed E-state index contributed by atoms with van der Waals surface area (Å²) in [5, 5.41) is 4.31. The van der Waals surface area contributed by atoms with Crippen LogP contribution < -0.4 is 0 Å². The van der Waals surface area contributed by atoms with Gasteiger partial charge in [-0.3, -0.25) is 0 Å². The Bertz CT molecular complexity index is 2470. The maximum absolute atomic E-state index is 6.33. The summed E-state index contributed by atoms with van der Waals surface area (Å²) in [6, 6.07) is 52.7. The minimum atomic E-state index is 0.588. The van der Waals surface area contributed by atoms with Crippen molar-refractivity contribution in [1.29, 1.82) is 0 Å². The van der Waals surface area contributed by atoms with Crippen molar-refractivity contribution in [1.82, 2.24) is 14.5 Å². The average Bonchev–Trinajstić information content (AvgIpc) is 3.64. The topological polar surface area (TPSA) is 43.9 Å². The zero-order valence-corrected chi connectivity index (χ0v) is 23.7. The van der Waals surface area contributed by atoms with Crippen LogP contribution in [0.5, 0.6) is 0 Å². The molecule has 4 nitrogen and oxygen atoms in total. The van der Waals surface area contributed by atoms with E-state index in [1.807, 2.05) is 24.3 Å². The van der Waals surface area contributed by atoms with E-state index in [4.69, 9.17) is 14.4 Å². The van der Waals surface area contributed by atoms with Gasteiger partial charge in [0.15, 0.2) is 5.82 Å². The van der Waals surface area contributed by atoms with E-state index in [-0.39, 0.29) is 0 Å². The molecule has 0 amide bonds. The van der Waals surface area contributed by atoms with Gasteiger partial charge in [-0.15, -0.1) is 0 Å². The van der Waals surface area contributed by atoms with E-state index >= 15 is 0 Å². The molecule has 4 heteroatoms. The van der Waals surface area contributed by atoms with Crippen molar-refractivity contribution in [3.8, 4) is 39.5 Å². The van der Waals surface area contributed by atoms with Crippen molar-refractivity contribution < 1.29 is 4.42 Å². The van der Waals surface area contributed by atoms with Crippen LogP contribution in [0.2, 0.25) is 0 Å². The van der Waals surface area contributed by atoms with Crippen molar-refractivity contribution in [2.24, 2.45) is 0 Å². The highest BCUT2D eigenvalue weighted by atomic mass is 16.3. The summed E-state index contributed by atoms with van der Waals surface area (Å²) in [5.41, 5.74) is 10.0. The molecule has 3 heterocycles. The first-order valence-corrected chi connectivity index (χ1v) is 14.8. The maximum Gasteiger partial charge on any atom is 0.231 e. The molecular weight excluding hydrogens is 538 g/mol. The number of benzene rings is 6. The van der Waals surface area contributed by atoms with Gasteiger partial charge in [0, 0.05) is 33.0 Å². The third kappa shape index (κ3) is 3.85. The Balaban J connectivity index is 1.28. The van der Waals surface area contributed by atoms with Gasteiger partial charge < -0.3 is 8.98 Å². The summed E-state index contributed by atoms with van der Waals surface area (Å²) in [6.07, 6.45) is 0.